The van der Waals surface area contributed by atoms with E-state index < -0.39 is 96.6 Å². The second-order valence-electron chi connectivity index (χ2n) is 6.63. The number of aromatic nitrogens is 1. The monoisotopic (exact) mass is 409 g/mol. The molecule has 3 rings (SSSR count). The number of pyridine rings is 1. The fourth-order valence-electron chi connectivity index (χ4n) is 2.75. The van der Waals surface area contributed by atoms with Gasteiger partial charge in [-0.3, -0.25) is 9.59 Å². The van der Waals surface area contributed by atoms with Crippen LogP contribution < -0.4 is 10.7 Å². The van der Waals surface area contributed by atoms with Crippen LogP contribution in [0.1, 0.15) is 86.0 Å². The quantitative estimate of drug-likeness (QED) is 0.552. The molecule has 0 unspecified atom stereocenters. The predicted molar refractivity (Wildman–Crippen MR) is 118 cm³/mol. The van der Waals surface area contributed by atoms with Crippen LogP contribution in [0.4, 0.5) is 5.69 Å². The zero-order valence-electron chi connectivity index (χ0n) is 32.2. The first-order chi connectivity index (χ1) is 20.5. The Morgan fingerprint density at radius 3 is 2.48 bits per heavy atom. The molecule has 5 nitrogen and oxygen atoms in total. The Morgan fingerprint density at radius 1 is 1.10 bits per heavy atom. The van der Waals surface area contributed by atoms with E-state index in [1.54, 1.807) is 6.07 Å². The normalized spacial score (nSPS) is 23.0. The van der Waals surface area contributed by atoms with Crippen molar-refractivity contribution in [3.8, 4) is 5.75 Å². The number of aromatic hydroxyl groups is 1. The zero-order chi connectivity index (χ0) is 35.8. The average Bonchev–Trinajstić information content (AvgIpc) is 2.86. The first kappa shape index (κ1) is 7.98. The molecule has 0 atom stereocenters. The number of amides is 1. The summed E-state index contributed by atoms with van der Waals surface area (Å²) < 4.78 is 138. The molecule has 152 valence electrons. The van der Waals surface area contributed by atoms with E-state index in [0.717, 1.165) is 6.20 Å². The fraction of sp³-hybridized carbons (Fsp3) is 0.333. The van der Waals surface area contributed by atoms with Crippen molar-refractivity contribution < 1.29 is 33.2 Å². The minimum atomic E-state index is -4.18. The topological polar surface area (TPSA) is 82.2 Å². The van der Waals surface area contributed by atoms with E-state index in [-0.39, 0.29) is 5.39 Å². The third kappa shape index (κ3) is 4.04. The maximum absolute atomic E-state index is 13.5. The Hall–Kier alpha value is -3.08. The van der Waals surface area contributed by atoms with Crippen LogP contribution in [0.25, 0.3) is 10.9 Å². The number of para-hydroxylation sites is 1. The van der Waals surface area contributed by atoms with Crippen molar-refractivity contribution >= 4 is 22.5 Å². The lowest BCUT2D eigenvalue weighted by molar-refractivity contribution is 0.102. The molecule has 29 heavy (non-hydrogen) atoms. The summed E-state index contributed by atoms with van der Waals surface area (Å²) in [5.41, 5.74) is -13.1. The number of carbonyl (C=O) groups excluding carboxylic acids is 1. The number of rotatable bonds is 2. The summed E-state index contributed by atoms with van der Waals surface area (Å²) >= 11 is 0. The second-order valence-corrected chi connectivity index (χ2v) is 6.63. The Kier molecular flexibility index (Phi) is 1.94. The summed E-state index contributed by atoms with van der Waals surface area (Å²) in [6, 6.07) is 2.73. The lowest BCUT2D eigenvalue weighted by Crippen LogP contribution is -2.25. The SMILES string of the molecule is [2H]c1c(O)c(C(C([2H])([2H])[2H])(C([2H])([2H])[2H])C([2H])([2H])[2H])c([2H])c(C(C)(C([2H])([2H])[2H])C([2H])([2H])[2H])c1NC(=O)c1c[nH]c2ccccc2c1=O. The van der Waals surface area contributed by atoms with E-state index in [1.165, 1.54) is 18.2 Å². The molecule has 5 heteroatoms. The highest BCUT2D eigenvalue weighted by Crippen LogP contribution is 2.39. The van der Waals surface area contributed by atoms with Gasteiger partial charge >= 0.3 is 0 Å². The molecular weight excluding hydrogens is 364 g/mol. The van der Waals surface area contributed by atoms with E-state index in [1.807, 2.05) is 5.32 Å². The third-order valence-electron chi connectivity index (χ3n) is 4.13. The van der Waals surface area contributed by atoms with Gasteiger partial charge in [-0.2, -0.15) is 0 Å². The van der Waals surface area contributed by atoms with Crippen LogP contribution in [-0.4, -0.2) is 16.0 Å². The lowest BCUT2D eigenvalue weighted by Gasteiger charge is -2.28. The van der Waals surface area contributed by atoms with Crippen LogP contribution in [0.2, 0.25) is 0 Å². The minimum Gasteiger partial charge on any atom is -0.508 e. The van der Waals surface area contributed by atoms with Crippen molar-refractivity contribution in [2.45, 2.75) is 52.0 Å². The molecule has 3 N–H and O–H groups in total. The molecular formula is C24H28N2O3. The number of anilines is 1. The number of hydrogen-bond donors (Lipinski definition) is 3. The number of nitrogens with one attached hydrogen (secondary N) is 2. The molecule has 2 aromatic carbocycles. The molecule has 1 heterocycles. The zero-order valence-corrected chi connectivity index (χ0v) is 15.2. The Morgan fingerprint density at radius 2 is 1.79 bits per heavy atom. The number of H-pyrrole nitrogens is 1. The minimum absolute atomic E-state index is 0.00785. The Balaban J connectivity index is 2.64. The van der Waals surface area contributed by atoms with E-state index in [9.17, 15) is 14.7 Å². The number of carbonyl (C=O) groups is 1. The first-order valence-electron chi connectivity index (χ1n) is 16.8. The van der Waals surface area contributed by atoms with Crippen LogP contribution >= 0.6 is 0 Å². The van der Waals surface area contributed by atoms with Crippen molar-refractivity contribution in [1.82, 2.24) is 4.98 Å². The molecule has 0 aliphatic carbocycles. The van der Waals surface area contributed by atoms with Gasteiger partial charge in [0.1, 0.15) is 11.3 Å². The number of phenols is 1. The molecule has 1 amide bonds. The summed E-state index contributed by atoms with van der Waals surface area (Å²) in [7, 11) is 0. The van der Waals surface area contributed by atoms with Gasteiger partial charge in [0, 0.05) is 49.4 Å². The molecule has 0 fully saturated rings. The fourth-order valence-corrected chi connectivity index (χ4v) is 2.75. The van der Waals surface area contributed by atoms with Crippen molar-refractivity contribution in [2.75, 3.05) is 5.32 Å². The van der Waals surface area contributed by atoms with Gasteiger partial charge in [0.15, 0.2) is 0 Å². The number of aromatic amines is 1. The van der Waals surface area contributed by atoms with Crippen LogP contribution in [0.3, 0.4) is 0 Å². The molecule has 0 aliphatic heterocycles. The predicted octanol–water partition coefficient (Wildman–Crippen LogP) is 5.08. The molecule has 0 radical (unpaired) electrons. The number of benzene rings is 2. The molecule has 0 bridgehead atoms. The molecule has 0 saturated carbocycles. The number of phenolic OH excluding ortho intramolecular Hbond substituents is 1. The molecule has 0 aliphatic rings. The highest BCUT2D eigenvalue weighted by atomic mass is 16.3. The van der Waals surface area contributed by atoms with Gasteiger partial charge in [-0.1, -0.05) is 53.3 Å². The van der Waals surface area contributed by atoms with E-state index >= 15 is 0 Å². The van der Waals surface area contributed by atoms with Gasteiger partial charge in [-0.15, -0.1) is 0 Å². The largest absolute Gasteiger partial charge is 0.508 e. The van der Waals surface area contributed by atoms with Crippen LogP contribution in [0.5, 0.6) is 5.75 Å². The highest BCUT2D eigenvalue weighted by Gasteiger charge is 2.26. The van der Waals surface area contributed by atoms with Crippen molar-refractivity contribution in [2.24, 2.45) is 0 Å². The van der Waals surface area contributed by atoms with Gasteiger partial charge in [0.2, 0.25) is 5.43 Å². The summed E-state index contributed by atoms with van der Waals surface area (Å²) in [5.74, 6) is -3.17. The highest BCUT2D eigenvalue weighted by molar-refractivity contribution is 6.06. The molecule has 3 aromatic rings. The number of fused-ring (bicyclic) bond motifs is 1. The summed E-state index contributed by atoms with van der Waals surface area (Å²) in [6.07, 6.45) is 0.939. The maximum Gasteiger partial charge on any atom is 0.261 e. The van der Waals surface area contributed by atoms with Gasteiger partial charge in [0.25, 0.3) is 5.91 Å². The summed E-state index contributed by atoms with van der Waals surface area (Å²) in [6.45, 7) is -19.2. The van der Waals surface area contributed by atoms with Gasteiger partial charge < -0.3 is 15.4 Å². The standard InChI is InChI=1S/C24H28N2O3/c1-23(2,3)16-11-17(24(4,5)6)20(27)12-19(16)26-22(29)15-13-25-18-10-8-7-9-14(18)21(15)28/h7-13,27H,1-6H3,(H,25,28)(H,26,29)/i1D3,2D3,4D3,5D3,6D3,11D,12D. The van der Waals surface area contributed by atoms with Crippen LogP contribution in [0.15, 0.2) is 47.3 Å². The van der Waals surface area contributed by atoms with Crippen LogP contribution in [0, 0.1) is 0 Å². The molecule has 0 spiro atoms. The summed E-state index contributed by atoms with van der Waals surface area (Å²) in [4.78, 5) is 29.3. The van der Waals surface area contributed by atoms with Gasteiger partial charge in [0.05, 0.1) is 2.74 Å². The van der Waals surface area contributed by atoms with E-state index in [4.69, 9.17) is 23.3 Å². The smallest absolute Gasteiger partial charge is 0.261 e. The second kappa shape index (κ2) is 7.07. The van der Waals surface area contributed by atoms with Crippen molar-refractivity contribution in [3.05, 3.63) is 69.5 Å². The Bertz CT molecular complexity index is 1700. The molecule has 0 saturated heterocycles. The lowest BCUT2D eigenvalue weighted by atomic mass is 9.79. The molecule has 1 aromatic heterocycles. The van der Waals surface area contributed by atoms with Gasteiger partial charge in [-0.25, -0.2) is 0 Å². The van der Waals surface area contributed by atoms with E-state index in [0.29, 0.717) is 12.4 Å². The average molecular weight is 410 g/mol. The number of hydrogen-bond acceptors (Lipinski definition) is 3. The third-order valence-corrected chi connectivity index (χ3v) is 4.13. The van der Waals surface area contributed by atoms with Crippen LogP contribution in [-0.2, 0) is 10.8 Å². The van der Waals surface area contributed by atoms with Crippen molar-refractivity contribution in [1.29, 1.82) is 0 Å². The van der Waals surface area contributed by atoms with Gasteiger partial charge in [-0.05, 0) is 40.1 Å². The maximum atomic E-state index is 13.5. The van der Waals surface area contributed by atoms with Crippen molar-refractivity contribution in [3.63, 3.8) is 0 Å². The summed E-state index contributed by atoms with van der Waals surface area (Å²) in [5, 5.41) is 13.2. The van der Waals surface area contributed by atoms with E-state index in [2.05, 4.69) is 4.98 Å². The Labute approximate surface area is 194 Å². The first-order valence-corrected chi connectivity index (χ1v) is 8.29.